The van der Waals surface area contributed by atoms with Crippen LogP contribution in [0.25, 0.3) is 0 Å². The second kappa shape index (κ2) is 5.17. The number of nitrogens with two attached hydrogens (primary N) is 1. The minimum Gasteiger partial charge on any atom is -0.318 e. The van der Waals surface area contributed by atoms with Crippen LogP contribution in [0.15, 0.2) is 23.1 Å². The van der Waals surface area contributed by atoms with E-state index in [0.29, 0.717) is 0 Å². The van der Waals surface area contributed by atoms with E-state index in [9.17, 15) is 26.4 Å². The molecule has 9 heteroatoms. The second-order valence-electron chi connectivity index (χ2n) is 3.67. The molecule has 3 N–H and O–H groups in total. The Bertz CT molecular complexity index is 597. The first-order valence-electron chi connectivity index (χ1n) is 5.09. The lowest BCUT2D eigenvalue weighted by Crippen LogP contribution is -2.30. The van der Waals surface area contributed by atoms with Gasteiger partial charge in [-0.25, -0.2) is 13.6 Å². The Labute approximate surface area is 107 Å². The molecule has 0 radical (unpaired) electrons. The number of aryl methyl sites for hydroxylation is 1. The van der Waals surface area contributed by atoms with Crippen LogP contribution >= 0.6 is 0 Å². The first-order chi connectivity index (χ1) is 8.55. The summed E-state index contributed by atoms with van der Waals surface area (Å²) >= 11 is 0. The third-order valence-corrected chi connectivity index (χ3v) is 3.27. The maximum Gasteiger partial charge on any atom is 0.471 e. The predicted molar refractivity (Wildman–Crippen MR) is 61.9 cm³/mol. The molecule has 0 spiro atoms. The number of anilines is 1. The molecule has 5 nitrogen and oxygen atoms in total. The highest BCUT2D eigenvalue weighted by Gasteiger charge is 2.38. The third kappa shape index (κ3) is 3.93. The van der Waals surface area contributed by atoms with Crippen molar-refractivity contribution in [3.8, 4) is 0 Å². The predicted octanol–water partition coefficient (Wildman–Crippen LogP) is 1.40. The van der Waals surface area contributed by atoms with Crippen molar-refractivity contribution in [2.24, 2.45) is 5.14 Å². The van der Waals surface area contributed by atoms with E-state index in [1.165, 1.54) is 0 Å². The number of halogens is 3. The van der Waals surface area contributed by atoms with Gasteiger partial charge in [0, 0.05) is 5.69 Å². The number of carbonyl (C=O) groups excluding carboxylic acids is 1. The SMILES string of the molecule is CCc1cc(NC(=O)C(F)(F)F)ccc1S(N)(=O)=O. The number of primary sulfonamides is 1. The Morgan fingerprint density at radius 1 is 1.37 bits per heavy atom. The summed E-state index contributed by atoms with van der Waals surface area (Å²) in [6, 6.07) is 3.24. The average molecular weight is 296 g/mol. The van der Waals surface area contributed by atoms with Crippen molar-refractivity contribution in [2.45, 2.75) is 24.4 Å². The quantitative estimate of drug-likeness (QED) is 0.883. The fourth-order valence-electron chi connectivity index (χ4n) is 1.41. The first kappa shape index (κ1) is 15.4. The molecule has 1 aromatic carbocycles. The Balaban J connectivity index is 3.12. The average Bonchev–Trinajstić information content (AvgIpc) is 2.26. The van der Waals surface area contributed by atoms with Crippen LogP contribution in [-0.4, -0.2) is 20.5 Å². The standard InChI is InChI=1S/C10H11F3N2O3S/c1-2-6-5-7(15-9(16)10(11,12)13)3-4-8(6)19(14,17)18/h3-5H,2H2,1H3,(H,15,16)(H2,14,17,18). The molecule has 0 saturated carbocycles. The van der Waals surface area contributed by atoms with Gasteiger partial charge in [-0.1, -0.05) is 6.92 Å². The number of carbonyl (C=O) groups is 1. The van der Waals surface area contributed by atoms with Crippen molar-refractivity contribution in [1.29, 1.82) is 0 Å². The highest BCUT2D eigenvalue weighted by Crippen LogP contribution is 2.22. The van der Waals surface area contributed by atoms with Gasteiger partial charge in [0.1, 0.15) is 0 Å². The van der Waals surface area contributed by atoms with Crippen LogP contribution in [0, 0.1) is 0 Å². The monoisotopic (exact) mass is 296 g/mol. The largest absolute Gasteiger partial charge is 0.471 e. The summed E-state index contributed by atoms with van der Waals surface area (Å²) in [5.74, 6) is -2.13. The number of hydrogen-bond donors (Lipinski definition) is 2. The highest BCUT2D eigenvalue weighted by molar-refractivity contribution is 7.89. The van der Waals surface area contributed by atoms with Gasteiger partial charge in [-0.15, -0.1) is 0 Å². The molecule has 0 aliphatic heterocycles. The van der Waals surface area contributed by atoms with Gasteiger partial charge in [0.25, 0.3) is 0 Å². The van der Waals surface area contributed by atoms with Gasteiger partial charge in [0.15, 0.2) is 0 Å². The molecule has 0 aliphatic carbocycles. The smallest absolute Gasteiger partial charge is 0.318 e. The lowest BCUT2D eigenvalue weighted by atomic mass is 10.1. The van der Waals surface area contributed by atoms with Crippen LogP contribution in [0.1, 0.15) is 12.5 Å². The molecule has 1 amide bonds. The molecule has 1 rings (SSSR count). The van der Waals surface area contributed by atoms with Gasteiger partial charge in [-0.2, -0.15) is 13.2 Å². The van der Waals surface area contributed by atoms with Gasteiger partial charge in [-0.3, -0.25) is 4.79 Å². The molecule has 19 heavy (non-hydrogen) atoms. The Morgan fingerprint density at radius 2 is 1.95 bits per heavy atom. The van der Waals surface area contributed by atoms with Gasteiger partial charge < -0.3 is 5.32 Å². The molecule has 0 fully saturated rings. The molecular weight excluding hydrogens is 285 g/mol. The Kier molecular flexibility index (Phi) is 4.21. The lowest BCUT2D eigenvalue weighted by molar-refractivity contribution is -0.167. The van der Waals surface area contributed by atoms with Gasteiger partial charge >= 0.3 is 12.1 Å². The van der Waals surface area contributed by atoms with Crippen molar-refractivity contribution in [1.82, 2.24) is 0 Å². The summed E-state index contributed by atoms with van der Waals surface area (Å²) in [5.41, 5.74) is 0.0778. The number of rotatable bonds is 3. The maximum atomic E-state index is 12.1. The van der Waals surface area contributed by atoms with E-state index >= 15 is 0 Å². The van der Waals surface area contributed by atoms with E-state index in [0.717, 1.165) is 18.2 Å². The third-order valence-electron chi connectivity index (χ3n) is 2.26. The van der Waals surface area contributed by atoms with Crippen molar-refractivity contribution in [3.63, 3.8) is 0 Å². The van der Waals surface area contributed by atoms with Gasteiger partial charge in [-0.05, 0) is 30.2 Å². The van der Waals surface area contributed by atoms with E-state index in [1.807, 2.05) is 0 Å². The summed E-state index contributed by atoms with van der Waals surface area (Å²) in [5, 5.41) is 6.59. The van der Waals surface area contributed by atoms with E-state index in [4.69, 9.17) is 5.14 Å². The fourth-order valence-corrected chi connectivity index (χ4v) is 2.24. The van der Waals surface area contributed by atoms with Gasteiger partial charge in [0.2, 0.25) is 10.0 Å². The second-order valence-corrected chi connectivity index (χ2v) is 5.20. The molecule has 0 saturated heterocycles. The summed E-state index contributed by atoms with van der Waals surface area (Å²) in [7, 11) is -3.95. The Morgan fingerprint density at radius 3 is 2.37 bits per heavy atom. The van der Waals surface area contributed by atoms with Crippen LogP contribution in [-0.2, 0) is 21.2 Å². The maximum absolute atomic E-state index is 12.1. The molecule has 0 aromatic heterocycles. The minimum atomic E-state index is -5.01. The van der Waals surface area contributed by atoms with Crippen LogP contribution < -0.4 is 10.5 Å². The molecule has 1 aromatic rings. The highest BCUT2D eigenvalue weighted by atomic mass is 32.2. The molecule has 106 valence electrons. The van der Waals surface area contributed by atoms with Crippen LogP contribution in [0.3, 0.4) is 0 Å². The van der Waals surface area contributed by atoms with Crippen LogP contribution in [0.2, 0.25) is 0 Å². The van der Waals surface area contributed by atoms with Crippen molar-refractivity contribution < 1.29 is 26.4 Å². The Hall–Kier alpha value is -1.61. The number of benzene rings is 1. The van der Waals surface area contributed by atoms with Crippen LogP contribution in [0.4, 0.5) is 18.9 Å². The summed E-state index contributed by atoms with van der Waals surface area (Å²) in [6.45, 7) is 1.61. The molecule has 0 heterocycles. The number of nitrogens with one attached hydrogen (secondary N) is 1. The van der Waals surface area contributed by atoms with E-state index in [1.54, 1.807) is 12.2 Å². The molecule has 0 aliphatic rings. The summed E-state index contributed by atoms with van der Waals surface area (Å²) < 4.78 is 58.6. The lowest BCUT2D eigenvalue weighted by Gasteiger charge is -2.11. The van der Waals surface area contributed by atoms with Crippen molar-refractivity contribution >= 4 is 21.6 Å². The fraction of sp³-hybridized carbons (Fsp3) is 0.300. The topological polar surface area (TPSA) is 89.3 Å². The molecule has 0 unspecified atom stereocenters. The summed E-state index contributed by atoms with van der Waals surface area (Å²) in [4.78, 5) is 10.6. The van der Waals surface area contributed by atoms with Crippen molar-refractivity contribution in [2.75, 3.05) is 5.32 Å². The van der Waals surface area contributed by atoms with E-state index in [2.05, 4.69) is 0 Å². The van der Waals surface area contributed by atoms with Crippen LogP contribution in [0.5, 0.6) is 0 Å². The molecular formula is C10H11F3N2O3S. The normalized spacial score (nSPS) is 12.3. The van der Waals surface area contributed by atoms with Gasteiger partial charge in [0.05, 0.1) is 4.90 Å². The van der Waals surface area contributed by atoms with E-state index in [-0.39, 0.29) is 22.6 Å². The first-order valence-corrected chi connectivity index (χ1v) is 6.64. The zero-order chi connectivity index (χ0) is 14.8. The zero-order valence-electron chi connectivity index (χ0n) is 9.78. The molecule has 0 bridgehead atoms. The number of sulfonamides is 1. The minimum absolute atomic E-state index is 0.147. The zero-order valence-corrected chi connectivity index (χ0v) is 10.6. The van der Waals surface area contributed by atoms with Crippen molar-refractivity contribution in [3.05, 3.63) is 23.8 Å². The summed E-state index contributed by atoms with van der Waals surface area (Å²) in [6.07, 6.45) is -4.77. The molecule has 0 atom stereocenters. The van der Waals surface area contributed by atoms with E-state index < -0.39 is 22.1 Å². The number of amides is 1. The number of alkyl halides is 3. The number of hydrogen-bond acceptors (Lipinski definition) is 3.